The van der Waals surface area contributed by atoms with Gasteiger partial charge in [-0.1, -0.05) is 12.2 Å². The van der Waals surface area contributed by atoms with Crippen molar-refractivity contribution in [3.05, 3.63) is 47.5 Å². The lowest BCUT2D eigenvalue weighted by atomic mass is 10.1. The Bertz CT molecular complexity index is 379. The van der Waals surface area contributed by atoms with Gasteiger partial charge in [-0.25, -0.2) is 8.78 Å². The minimum Gasteiger partial charge on any atom is -0.387 e. The molecule has 1 aromatic carbocycles. The zero-order valence-electron chi connectivity index (χ0n) is 9.13. The van der Waals surface area contributed by atoms with Crippen LogP contribution in [0, 0.1) is 11.6 Å². The summed E-state index contributed by atoms with van der Waals surface area (Å²) in [5, 5.41) is 12.5. The predicted octanol–water partition coefficient (Wildman–Crippen LogP) is 2.16. The summed E-state index contributed by atoms with van der Waals surface area (Å²) in [6, 6.07) is 3.03. The lowest BCUT2D eigenvalue weighted by Gasteiger charge is -2.13. The zero-order chi connectivity index (χ0) is 12.1. The van der Waals surface area contributed by atoms with Gasteiger partial charge in [0.15, 0.2) is 0 Å². The summed E-state index contributed by atoms with van der Waals surface area (Å²) >= 11 is 0. The summed E-state index contributed by atoms with van der Waals surface area (Å²) in [7, 11) is 0. The lowest BCUT2D eigenvalue weighted by Crippen LogP contribution is -2.23. The summed E-state index contributed by atoms with van der Waals surface area (Å²) in [5.74, 6) is -1.17. The van der Waals surface area contributed by atoms with E-state index in [0.29, 0.717) is 6.54 Å². The minimum absolute atomic E-state index is 0.0331. The molecule has 0 amide bonds. The van der Waals surface area contributed by atoms with Gasteiger partial charge in [0.2, 0.25) is 0 Å². The molecule has 1 unspecified atom stereocenters. The van der Waals surface area contributed by atoms with Crippen molar-refractivity contribution in [1.82, 2.24) is 5.32 Å². The topological polar surface area (TPSA) is 32.3 Å². The molecule has 16 heavy (non-hydrogen) atoms. The number of hydrogen-bond donors (Lipinski definition) is 2. The highest BCUT2D eigenvalue weighted by atomic mass is 19.1. The number of nitrogens with one attached hydrogen (secondary N) is 1. The molecule has 0 fully saturated rings. The van der Waals surface area contributed by atoms with Crippen LogP contribution in [0.25, 0.3) is 0 Å². The minimum atomic E-state index is -1.06. The second-order valence-corrected chi connectivity index (χ2v) is 3.77. The summed E-state index contributed by atoms with van der Waals surface area (Å²) < 4.78 is 26.1. The maximum Gasteiger partial charge on any atom is 0.129 e. The van der Waals surface area contributed by atoms with E-state index in [1.54, 1.807) is 0 Å². The van der Waals surface area contributed by atoms with Crippen LogP contribution in [0.15, 0.2) is 30.4 Å². The second kappa shape index (κ2) is 5.72. The molecular weight excluding hydrogens is 212 g/mol. The van der Waals surface area contributed by atoms with E-state index in [9.17, 15) is 13.9 Å². The Morgan fingerprint density at radius 3 is 2.81 bits per heavy atom. The number of rotatable bonds is 5. The maximum atomic E-state index is 13.2. The molecule has 1 rings (SSSR count). The number of hydrogen-bond acceptors (Lipinski definition) is 2. The van der Waals surface area contributed by atoms with E-state index in [1.807, 2.05) is 6.92 Å². The van der Waals surface area contributed by atoms with Gasteiger partial charge in [0.1, 0.15) is 11.6 Å². The van der Waals surface area contributed by atoms with Gasteiger partial charge in [-0.2, -0.15) is 0 Å². The van der Waals surface area contributed by atoms with Crippen molar-refractivity contribution in [3.63, 3.8) is 0 Å². The van der Waals surface area contributed by atoms with E-state index in [-0.39, 0.29) is 12.1 Å². The Morgan fingerprint density at radius 1 is 1.50 bits per heavy atom. The van der Waals surface area contributed by atoms with Gasteiger partial charge in [0.05, 0.1) is 6.10 Å². The zero-order valence-corrected chi connectivity index (χ0v) is 9.13. The molecule has 0 radical (unpaired) electrons. The van der Waals surface area contributed by atoms with Crippen molar-refractivity contribution in [1.29, 1.82) is 0 Å². The molecule has 88 valence electrons. The fourth-order valence-corrected chi connectivity index (χ4v) is 1.30. The normalized spacial score (nSPS) is 12.5. The molecule has 0 saturated carbocycles. The van der Waals surface area contributed by atoms with E-state index in [4.69, 9.17) is 0 Å². The average Bonchev–Trinajstić information content (AvgIpc) is 2.21. The van der Waals surface area contributed by atoms with Gasteiger partial charge in [0, 0.05) is 18.7 Å². The second-order valence-electron chi connectivity index (χ2n) is 3.77. The Balaban J connectivity index is 2.61. The van der Waals surface area contributed by atoms with Crippen molar-refractivity contribution < 1.29 is 13.9 Å². The summed E-state index contributed by atoms with van der Waals surface area (Å²) in [4.78, 5) is 0. The largest absolute Gasteiger partial charge is 0.387 e. The van der Waals surface area contributed by atoms with Crippen LogP contribution in [0.5, 0.6) is 0 Å². The first-order chi connectivity index (χ1) is 7.50. The molecule has 1 aromatic rings. The van der Waals surface area contributed by atoms with E-state index >= 15 is 0 Å². The van der Waals surface area contributed by atoms with Crippen molar-refractivity contribution in [2.24, 2.45) is 0 Å². The highest BCUT2D eigenvalue weighted by Crippen LogP contribution is 2.17. The van der Waals surface area contributed by atoms with E-state index in [1.165, 1.54) is 0 Å². The molecule has 4 heteroatoms. The average molecular weight is 227 g/mol. The molecule has 1 atom stereocenters. The summed E-state index contributed by atoms with van der Waals surface area (Å²) in [5.41, 5.74) is 0.876. The van der Waals surface area contributed by atoms with Crippen molar-refractivity contribution >= 4 is 0 Å². The van der Waals surface area contributed by atoms with E-state index < -0.39 is 17.7 Å². The quantitative estimate of drug-likeness (QED) is 0.755. The van der Waals surface area contributed by atoms with Crippen LogP contribution in [0.3, 0.4) is 0 Å². The number of aliphatic hydroxyl groups excluding tert-OH is 1. The molecule has 0 aliphatic heterocycles. The van der Waals surface area contributed by atoms with Crippen molar-refractivity contribution in [2.45, 2.75) is 13.0 Å². The first kappa shape index (κ1) is 12.8. The van der Waals surface area contributed by atoms with Crippen LogP contribution < -0.4 is 5.32 Å². The number of aliphatic hydroxyl groups is 1. The Hall–Kier alpha value is -1.26. The molecule has 2 nitrogen and oxygen atoms in total. The van der Waals surface area contributed by atoms with Crippen molar-refractivity contribution in [3.8, 4) is 0 Å². The Kier molecular flexibility index (Phi) is 4.58. The summed E-state index contributed by atoms with van der Waals surface area (Å²) in [6.07, 6.45) is -1.06. The van der Waals surface area contributed by atoms with Gasteiger partial charge < -0.3 is 10.4 Å². The highest BCUT2D eigenvalue weighted by Gasteiger charge is 2.13. The third kappa shape index (κ3) is 3.72. The fourth-order valence-electron chi connectivity index (χ4n) is 1.30. The van der Waals surface area contributed by atoms with Crippen LogP contribution in [-0.4, -0.2) is 18.2 Å². The maximum absolute atomic E-state index is 13.2. The molecule has 0 aliphatic carbocycles. The third-order valence-electron chi connectivity index (χ3n) is 2.08. The highest BCUT2D eigenvalue weighted by molar-refractivity contribution is 5.21. The van der Waals surface area contributed by atoms with Gasteiger partial charge in [-0.3, -0.25) is 0 Å². The number of benzene rings is 1. The number of halogens is 2. The van der Waals surface area contributed by atoms with Gasteiger partial charge in [-0.05, 0) is 25.1 Å². The van der Waals surface area contributed by atoms with Gasteiger partial charge in [0.25, 0.3) is 0 Å². The molecular formula is C12H15F2NO. The molecule has 0 saturated heterocycles. The Labute approximate surface area is 93.6 Å². The monoisotopic (exact) mass is 227 g/mol. The Morgan fingerprint density at radius 2 is 2.19 bits per heavy atom. The molecule has 0 spiro atoms. The molecule has 2 N–H and O–H groups in total. The first-order valence-electron chi connectivity index (χ1n) is 4.99. The van der Waals surface area contributed by atoms with Crippen LogP contribution >= 0.6 is 0 Å². The standard InChI is InChI=1S/C12H15F2NO/c1-8(2)6-15-7-12(16)10-5-9(13)3-4-11(10)14/h3-5,12,15-16H,1,6-7H2,2H3. The lowest BCUT2D eigenvalue weighted by molar-refractivity contribution is 0.171. The van der Waals surface area contributed by atoms with Gasteiger partial charge >= 0.3 is 0 Å². The smallest absolute Gasteiger partial charge is 0.129 e. The summed E-state index contributed by atoms with van der Waals surface area (Å²) in [6.45, 7) is 6.21. The van der Waals surface area contributed by atoms with Gasteiger partial charge in [-0.15, -0.1) is 0 Å². The third-order valence-corrected chi connectivity index (χ3v) is 2.08. The van der Waals surface area contributed by atoms with Crippen LogP contribution in [-0.2, 0) is 0 Å². The predicted molar refractivity (Wildman–Crippen MR) is 59.0 cm³/mol. The van der Waals surface area contributed by atoms with Crippen molar-refractivity contribution in [2.75, 3.05) is 13.1 Å². The van der Waals surface area contributed by atoms with E-state index in [2.05, 4.69) is 11.9 Å². The van der Waals surface area contributed by atoms with Crippen LogP contribution in [0.1, 0.15) is 18.6 Å². The SMILES string of the molecule is C=C(C)CNCC(O)c1cc(F)ccc1F. The van der Waals surface area contributed by atoms with E-state index in [0.717, 1.165) is 23.8 Å². The first-order valence-corrected chi connectivity index (χ1v) is 4.99. The molecule has 0 aliphatic rings. The molecule has 0 heterocycles. The fraction of sp³-hybridized carbons (Fsp3) is 0.333. The van der Waals surface area contributed by atoms with Crippen LogP contribution in [0.2, 0.25) is 0 Å². The van der Waals surface area contributed by atoms with Crippen LogP contribution in [0.4, 0.5) is 8.78 Å². The molecule has 0 aromatic heterocycles. The molecule has 0 bridgehead atoms.